The van der Waals surface area contributed by atoms with Gasteiger partial charge in [-0.05, 0) is 25.7 Å². The van der Waals surface area contributed by atoms with Crippen LogP contribution < -0.4 is 0 Å². The minimum absolute atomic E-state index is 0.166. The standard InChI is InChI=1S/C12H18N2O/c15-8-10-12(9-4-3-5-9)13-11-6-1-2-7-14(10)11/h9,15H,1-8H2. The lowest BCUT2D eigenvalue weighted by Crippen LogP contribution is -2.14. The van der Waals surface area contributed by atoms with Gasteiger partial charge in [-0.15, -0.1) is 0 Å². The lowest BCUT2D eigenvalue weighted by Gasteiger charge is -2.24. The molecule has 0 amide bonds. The van der Waals surface area contributed by atoms with E-state index >= 15 is 0 Å². The van der Waals surface area contributed by atoms with E-state index in [0.29, 0.717) is 5.92 Å². The second-order valence-electron chi connectivity index (χ2n) is 4.75. The number of nitrogens with zero attached hydrogens (tertiary/aromatic N) is 2. The first-order valence-corrected chi connectivity index (χ1v) is 6.09. The van der Waals surface area contributed by atoms with Gasteiger partial charge in [0.25, 0.3) is 0 Å². The predicted octanol–water partition coefficient (Wildman–Crippen LogP) is 1.98. The quantitative estimate of drug-likeness (QED) is 0.803. The molecule has 1 aromatic heterocycles. The number of fused-ring (bicyclic) bond motifs is 1. The maximum atomic E-state index is 9.47. The molecule has 0 spiro atoms. The Morgan fingerprint density at radius 2 is 2.13 bits per heavy atom. The predicted molar refractivity (Wildman–Crippen MR) is 57.7 cm³/mol. The van der Waals surface area contributed by atoms with Crippen molar-refractivity contribution in [2.24, 2.45) is 0 Å². The van der Waals surface area contributed by atoms with Crippen molar-refractivity contribution in [3.8, 4) is 0 Å². The van der Waals surface area contributed by atoms with E-state index in [9.17, 15) is 5.11 Å². The van der Waals surface area contributed by atoms with Crippen molar-refractivity contribution >= 4 is 0 Å². The molecule has 2 aliphatic rings. The molecule has 0 saturated heterocycles. The second kappa shape index (κ2) is 3.63. The Bertz CT molecular complexity index is 366. The molecule has 15 heavy (non-hydrogen) atoms. The molecule has 1 aromatic rings. The Morgan fingerprint density at radius 3 is 2.80 bits per heavy atom. The van der Waals surface area contributed by atoms with Crippen molar-refractivity contribution in [3.05, 3.63) is 17.2 Å². The van der Waals surface area contributed by atoms with Crippen LogP contribution in [-0.2, 0) is 19.6 Å². The van der Waals surface area contributed by atoms with Gasteiger partial charge in [-0.2, -0.15) is 0 Å². The molecule has 1 aliphatic carbocycles. The fourth-order valence-corrected chi connectivity index (χ4v) is 2.74. The van der Waals surface area contributed by atoms with E-state index in [-0.39, 0.29) is 6.61 Å². The van der Waals surface area contributed by atoms with Crippen LogP contribution in [-0.4, -0.2) is 14.7 Å². The maximum Gasteiger partial charge on any atom is 0.109 e. The molecule has 0 bridgehead atoms. The van der Waals surface area contributed by atoms with E-state index in [4.69, 9.17) is 4.98 Å². The van der Waals surface area contributed by atoms with Crippen LogP contribution in [0.1, 0.15) is 55.2 Å². The van der Waals surface area contributed by atoms with Crippen LogP contribution in [0.2, 0.25) is 0 Å². The van der Waals surface area contributed by atoms with Crippen LogP contribution in [0.3, 0.4) is 0 Å². The highest BCUT2D eigenvalue weighted by molar-refractivity contribution is 5.23. The fraction of sp³-hybridized carbons (Fsp3) is 0.750. The van der Waals surface area contributed by atoms with Crippen LogP contribution in [0.4, 0.5) is 0 Å². The summed E-state index contributed by atoms with van der Waals surface area (Å²) in [4.78, 5) is 4.75. The molecule has 2 heterocycles. The first-order valence-electron chi connectivity index (χ1n) is 6.09. The molecule has 0 aromatic carbocycles. The van der Waals surface area contributed by atoms with Gasteiger partial charge in [0.1, 0.15) is 5.82 Å². The second-order valence-corrected chi connectivity index (χ2v) is 4.75. The number of aliphatic hydroxyl groups is 1. The summed E-state index contributed by atoms with van der Waals surface area (Å²) in [6, 6.07) is 0. The molecular weight excluding hydrogens is 188 g/mol. The third-order valence-electron chi connectivity index (χ3n) is 3.86. The highest BCUT2D eigenvalue weighted by Crippen LogP contribution is 2.38. The highest BCUT2D eigenvalue weighted by atomic mass is 16.3. The molecule has 82 valence electrons. The summed E-state index contributed by atoms with van der Waals surface area (Å²) in [5.41, 5.74) is 2.31. The third-order valence-corrected chi connectivity index (χ3v) is 3.86. The smallest absolute Gasteiger partial charge is 0.109 e. The van der Waals surface area contributed by atoms with E-state index in [1.165, 1.54) is 43.6 Å². The average Bonchev–Trinajstić information content (AvgIpc) is 2.53. The molecule has 1 aliphatic heterocycles. The Kier molecular flexibility index (Phi) is 2.28. The van der Waals surface area contributed by atoms with Crippen molar-refractivity contribution in [1.29, 1.82) is 0 Å². The Morgan fingerprint density at radius 1 is 1.27 bits per heavy atom. The summed E-state index contributed by atoms with van der Waals surface area (Å²) < 4.78 is 2.26. The molecule has 0 atom stereocenters. The lowest BCUT2D eigenvalue weighted by atomic mass is 9.82. The number of aliphatic hydroxyl groups excluding tert-OH is 1. The molecule has 1 fully saturated rings. The van der Waals surface area contributed by atoms with Gasteiger partial charge in [-0.1, -0.05) is 6.42 Å². The van der Waals surface area contributed by atoms with Crippen LogP contribution in [0.5, 0.6) is 0 Å². The largest absolute Gasteiger partial charge is 0.390 e. The Labute approximate surface area is 90.1 Å². The summed E-state index contributed by atoms with van der Waals surface area (Å²) >= 11 is 0. The van der Waals surface area contributed by atoms with Crippen LogP contribution in [0, 0.1) is 0 Å². The van der Waals surface area contributed by atoms with Crippen LogP contribution in [0.15, 0.2) is 0 Å². The van der Waals surface area contributed by atoms with Gasteiger partial charge in [0.2, 0.25) is 0 Å². The summed E-state index contributed by atoms with van der Waals surface area (Å²) in [6.45, 7) is 1.23. The molecule has 3 heteroatoms. The third kappa shape index (κ3) is 1.41. The summed E-state index contributed by atoms with van der Waals surface area (Å²) in [6.07, 6.45) is 7.46. The van der Waals surface area contributed by atoms with E-state index in [1.54, 1.807) is 0 Å². The number of hydrogen-bond donors (Lipinski definition) is 1. The number of aromatic nitrogens is 2. The van der Waals surface area contributed by atoms with Gasteiger partial charge in [0.15, 0.2) is 0 Å². The van der Waals surface area contributed by atoms with Gasteiger partial charge in [0.05, 0.1) is 18.0 Å². The topological polar surface area (TPSA) is 38.1 Å². The van der Waals surface area contributed by atoms with Gasteiger partial charge in [-0.25, -0.2) is 4.98 Å². The zero-order chi connectivity index (χ0) is 10.3. The van der Waals surface area contributed by atoms with Gasteiger partial charge < -0.3 is 9.67 Å². The lowest BCUT2D eigenvalue weighted by molar-refractivity contribution is 0.263. The van der Waals surface area contributed by atoms with Crippen molar-refractivity contribution in [2.45, 2.75) is 57.6 Å². The first-order chi connectivity index (χ1) is 7.40. The maximum absolute atomic E-state index is 9.47. The Balaban J connectivity index is 2.01. The SMILES string of the molecule is OCc1c(C2CCC2)nc2n1CCCC2. The molecule has 0 unspecified atom stereocenters. The molecule has 3 rings (SSSR count). The van der Waals surface area contributed by atoms with Gasteiger partial charge in [-0.3, -0.25) is 0 Å². The number of rotatable bonds is 2. The molecular formula is C12H18N2O. The van der Waals surface area contributed by atoms with Crippen LogP contribution >= 0.6 is 0 Å². The monoisotopic (exact) mass is 206 g/mol. The number of aryl methyl sites for hydroxylation is 1. The van der Waals surface area contributed by atoms with Gasteiger partial charge in [0, 0.05) is 18.9 Å². The zero-order valence-corrected chi connectivity index (χ0v) is 9.08. The summed E-state index contributed by atoms with van der Waals surface area (Å²) in [7, 11) is 0. The molecule has 1 N–H and O–H groups in total. The fourth-order valence-electron chi connectivity index (χ4n) is 2.74. The average molecular weight is 206 g/mol. The molecule has 0 radical (unpaired) electrons. The summed E-state index contributed by atoms with van der Waals surface area (Å²) in [5.74, 6) is 1.86. The van der Waals surface area contributed by atoms with Crippen molar-refractivity contribution in [1.82, 2.24) is 9.55 Å². The zero-order valence-electron chi connectivity index (χ0n) is 9.08. The molecule has 1 saturated carbocycles. The van der Waals surface area contributed by atoms with Crippen molar-refractivity contribution in [3.63, 3.8) is 0 Å². The van der Waals surface area contributed by atoms with E-state index in [1.807, 2.05) is 0 Å². The van der Waals surface area contributed by atoms with E-state index in [2.05, 4.69) is 4.57 Å². The van der Waals surface area contributed by atoms with E-state index < -0.39 is 0 Å². The first kappa shape index (κ1) is 9.40. The normalized spacial score (nSPS) is 21.1. The van der Waals surface area contributed by atoms with Crippen LogP contribution in [0.25, 0.3) is 0 Å². The Hall–Kier alpha value is -0.830. The minimum atomic E-state index is 0.166. The summed E-state index contributed by atoms with van der Waals surface area (Å²) in [5, 5.41) is 9.47. The highest BCUT2D eigenvalue weighted by Gasteiger charge is 2.28. The van der Waals surface area contributed by atoms with Crippen molar-refractivity contribution < 1.29 is 5.11 Å². The van der Waals surface area contributed by atoms with Gasteiger partial charge >= 0.3 is 0 Å². The minimum Gasteiger partial charge on any atom is -0.390 e. The van der Waals surface area contributed by atoms with E-state index in [0.717, 1.165) is 18.7 Å². The number of imidazole rings is 1. The molecule has 3 nitrogen and oxygen atoms in total. The number of hydrogen-bond acceptors (Lipinski definition) is 2. The van der Waals surface area contributed by atoms with Crippen molar-refractivity contribution in [2.75, 3.05) is 0 Å².